The number of esters is 1. The zero-order valence-electron chi connectivity index (χ0n) is 16.7. The number of nitro groups is 1. The summed E-state index contributed by atoms with van der Waals surface area (Å²) in [4.78, 5) is 53.3. The molecule has 4 rings (SSSR count). The Morgan fingerprint density at radius 3 is 2.90 bits per heavy atom. The summed E-state index contributed by atoms with van der Waals surface area (Å²) in [6.45, 7) is 3.67. The summed E-state index contributed by atoms with van der Waals surface area (Å²) in [6.07, 6.45) is 0.428. The van der Waals surface area contributed by atoms with Gasteiger partial charge in [-0.1, -0.05) is 6.07 Å². The standard InChI is InChI=1S/C20H18N4O6S/c1-10-15-18(22-14-7-4-8-23(14)19(15)26)31-16(10)20(27)30-11(2)17(25)21-12-5-3-6-13(9-12)24(28)29/h3,5-6,9,11H,4,7-8H2,1-2H3,(H,21,25). The van der Waals surface area contributed by atoms with Gasteiger partial charge in [0, 0.05) is 30.8 Å². The fraction of sp³-hybridized carbons (Fsp3) is 0.300. The molecule has 1 unspecified atom stereocenters. The molecule has 0 aliphatic carbocycles. The van der Waals surface area contributed by atoms with Crippen LogP contribution >= 0.6 is 11.3 Å². The summed E-state index contributed by atoms with van der Waals surface area (Å²) in [7, 11) is 0. The van der Waals surface area contributed by atoms with Crippen LogP contribution in [0.3, 0.4) is 0 Å². The molecule has 0 saturated heterocycles. The van der Waals surface area contributed by atoms with Gasteiger partial charge in [-0.25, -0.2) is 9.78 Å². The van der Waals surface area contributed by atoms with Gasteiger partial charge >= 0.3 is 5.97 Å². The van der Waals surface area contributed by atoms with Crippen LogP contribution < -0.4 is 10.9 Å². The largest absolute Gasteiger partial charge is 0.448 e. The van der Waals surface area contributed by atoms with Gasteiger partial charge in [0.15, 0.2) is 6.10 Å². The number of hydrogen-bond acceptors (Lipinski definition) is 8. The molecule has 1 aromatic carbocycles. The predicted molar refractivity (Wildman–Crippen MR) is 114 cm³/mol. The van der Waals surface area contributed by atoms with Crippen molar-refractivity contribution in [3.05, 3.63) is 61.0 Å². The van der Waals surface area contributed by atoms with Gasteiger partial charge in [-0.15, -0.1) is 11.3 Å². The van der Waals surface area contributed by atoms with Crippen LogP contribution in [0.1, 0.15) is 34.4 Å². The minimum Gasteiger partial charge on any atom is -0.448 e. The Balaban J connectivity index is 1.52. The molecular weight excluding hydrogens is 424 g/mol. The van der Waals surface area contributed by atoms with Gasteiger partial charge in [0.2, 0.25) is 0 Å². The van der Waals surface area contributed by atoms with E-state index in [0.29, 0.717) is 28.1 Å². The van der Waals surface area contributed by atoms with Gasteiger partial charge in [0.25, 0.3) is 17.2 Å². The Bertz CT molecular complexity index is 1290. The van der Waals surface area contributed by atoms with Crippen molar-refractivity contribution >= 4 is 44.8 Å². The van der Waals surface area contributed by atoms with Crippen molar-refractivity contribution in [3.63, 3.8) is 0 Å². The number of anilines is 1. The fourth-order valence-corrected chi connectivity index (χ4v) is 4.55. The van der Waals surface area contributed by atoms with E-state index in [4.69, 9.17) is 4.74 Å². The zero-order chi connectivity index (χ0) is 22.3. The zero-order valence-corrected chi connectivity index (χ0v) is 17.5. The number of aryl methyl sites for hydroxylation is 2. The average molecular weight is 442 g/mol. The molecule has 0 saturated carbocycles. The first kappa shape index (κ1) is 20.7. The SMILES string of the molecule is Cc1c(C(=O)OC(C)C(=O)Nc2cccc([N+](=O)[O-])c2)sc2nc3n(c(=O)c12)CCC3. The number of benzene rings is 1. The summed E-state index contributed by atoms with van der Waals surface area (Å²) in [5.41, 5.74) is 0.360. The Morgan fingerprint density at radius 1 is 1.39 bits per heavy atom. The van der Waals surface area contributed by atoms with Gasteiger partial charge in [0.1, 0.15) is 15.5 Å². The number of amides is 1. The average Bonchev–Trinajstić information content (AvgIpc) is 3.33. The maximum absolute atomic E-state index is 12.8. The number of rotatable bonds is 5. The summed E-state index contributed by atoms with van der Waals surface area (Å²) < 4.78 is 6.92. The number of carbonyl (C=O) groups excluding carboxylic acids is 2. The highest BCUT2D eigenvalue weighted by Crippen LogP contribution is 2.29. The molecular formula is C20H18N4O6S. The number of fused-ring (bicyclic) bond motifs is 2. The molecule has 1 aliphatic rings. The van der Waals surface area contributed by atoms with Gasteiger partial charge in [0.05, 0.1) is 10.3 Å². The minimum atomic E-state index is -1.16. The molecule has 1 aliphatic heterocycles. The lowest BCUT2D eigenvalue weighted by atomic mass is 10.2. The monoisotopic (exact) mass is 442 g/mol. The Kier molecular flexibility index (Phi) is 5.27. The summed E-state index contributed by atoms with van der Waals surface area (Å²) in [5, 5.41) is 13.8. The Hall–Kier alpha value is -3.60. The van der Waals surface area contributed by atoms with Crippen LogP contribution in [0.2, 0.25) is 0 Å². The molecule has 3 aromatic rings. The normalized spacial score (nSPS) is 13.6. The van der Waals surface area contributed by atoms with Crippen molar-refractivity contribution in [1.29, 1.82) is 0 Å². The molecule has 1 atom stereocenters. The van der Waals surface area contributed by atoms with E-state index in [0.717, 1.165) is 24.2 Å². The van der Waals surface area contributed by atoms with Crippen molar-refractivity contribution in [2.24, 2.45) is 0 Å². The molecule has 11 heteroatoms. The second-order valence-corrected chi connectivity index (χ2v) is 8.17. The van der Waals surface area contributed by atoms with Crippen molar-refractivity contribution in [3.8, 4) is 0 Å². The summed E-state index contributed by atoms with van der Waals surface area (Å²) >= 11 is 1.07. The molecule has 0 fully saturated rings. The van der Waals surface area contributed by atoms with E-state index in [2.05, 4.69) is 10.3 Å². The van der Waals surface area contributed by atoms with Crippen molar-refractivity contribution in [2.45, 2.75) is 39.3 Å². The summed E-state index contributed by atoms with van der Waals surface area (Å²) in [5.74, 6) is -0.653. The second kappa shape index (κ2) is 7.91. The first-order valence-corrected chi connectivity index (χ1v) is 10.4. The molecule has 1 amide bonds. The number of nitro benzene ring substituents is 1. The second-order valence-electron chi connectivity index (χ2n) is 7.17. The number of non-ortho nitro benzene ring substituents is 1. The van der Waals surface area contributed by atoms with Crippen LogP contribution in [0.25, 0.3) is 10.2 Å². The third-order valence-corrected chi connectivity index (χ3v) is 6.24. The van der Waals surface area contributed by atoms with Crippen LogP contribution in [-0.4, -0.2) is 32.5 Å². The molecule has 10 nitrogen and oxygen atoms in total. The molecule has 3 heterocycles. The van der Waals surface area contributed by atoms with Crippen LogP contribution in [0.5, 0.6) is 0 Å². The van der Waals surface area contributed by atoms with E-state index in [9.17, 15) is 24.5 Å². The maximum Gasteiger partial charge on any atom is 0.349 e. The molecule has 31 heavy (non-hydrogen) atoms. The number of aromatic nitrogens is 2. The van der Waals surface area contributed by atoms with Crippen molar-refractivity contribution in [2.75, 3.05) is 5.32 Å². The first-order valence-electron chi connectivity index (χ1n) is 9.55. The lowest BCUT2D eigenvalue weighted by molar-refractivity contribution is -0.384. The smallest absolute Gasteiger partial charge is 0.349 e. The fourth-order valence-electron chi connectivity index (χ4n) is 3.48. The van der Waals surface area contributed by atoms with E-state index in [1.54, 1.807) is 11.5 Å². The number of hydrogen-bond donors (Lipinski definition) is 1. The van der Waals surface area contributed by atoms with Gasteiger partial charge < -0.3 is 10.1 Å². The van der Waals surface area contributed by atoms with Gasteiger partial charge in [-0.05, 0) is 31.9 Å². The lowest BCUT2D eigenvalue weighted by Gasteiger charge is -2.13. The molecule has 0 bridgehead atoms. The molecule has 0 spiro atoms. The van der Waals surface area contributed by atoms with E-state index in [-0.39, 0.29) is 21.8 Å². The molecule has 1 N–H and O–H groups in total. The number of ether oxygens (including phenoxy) is 1. The third-order valence-electron chi connectivity index (χ3n) is 5.07. The predicted octanol–water partition coefficient (Wildman–Crippen LogP) is 2.80. The molecule has 0 radical (unpaired) electrons. The van der Waals surface area contributed by atoms with Crippen molar-refractivity contribution < 1.29 is 19.2 Å². The number of nitrogens with zero attached hydrogens (tertiary/aromatic N) is 3. The van der Waals surface area contributed by atoms with E-state index < -0.39 is 22.9 Å². The van der Waals surface area contributed by atoms with Gasteiger partial charge in [-0.3, -0.25) is 24.3 Å². The number of thiophene rings is 1. The molecule has 2 aromatic heterocycles. The van der Waals surface area contributed by atoms with E-state index in [1.165, 1.54) is 31.2 Å². The van der Waals surface area contributed by atoms with Crippen LogP contribution in [-0.2, 0) is 22.5 Å². The lowest BCUT2D eigenvalue weighted by Crippen LogP contribution is -2.30. The van der Waals surface area contributed by atoms with Gasteiger partial charge in [-0.2, -0.15) is 0 Å². The van der Waals surface area contributed by atoms with E-state index >= 15 is 0 Å². The highest BCUT2D eigenvalue weighted by atomic mass is 32.1. The van der Waals surface area contributed by atoms with E-state index in [1.807, 2.05) is 0 Å². The Labute approximate surface area is 179 Å². The highest BCUT2D eigenvalue weighted by molar-refractivity contribution is 7.20. The van der Waals surface area contributed by atoms with Crippen LogP contribution in [0, 0.1) is 17.0 Å². The summed E-state index contributed by atoms with van der Waals surface area (Å²) in [6, 6.07) is 5.44. The number of carbonyl (C=O) groups is 2. The number of nitrogens with one attached hydrogen (secondary N) is 1. The van der Waals surface area contributed by atoms with Crippen molar-refractivity contribution in [1.82, 2.24) is 9.55 Å². The Morgan fingerprint density at radius 2 is 2.16 bits per heavy atom. The first-order chi connectivity index (χ1) is 14.8. The quantitative estimate of drug-likeness (QED) is 0.365. The minimum absolute atomic E-state index is 0.165. The highest BCUT2D eigenvalue weighted by Gasteiger charge is 2.26. The van der Waals surface area contributed by atoms with Crippen LogP contribution in [0.15, 0.2) is 29.1 Å². The third kappa shape index (κ3) is 3.79. The maximum atomic E-state index is 12.8. The topological polar surface area (TPSA) is 133 Å². The van der Waals surface area contributed by atoms with Crippen LogP contribution in [0.4, 0.5) is 11.4 Å². The molecule has 160 valence electrons.